The number of likely N-dealkylation sites (tertiary alicyclic amines) is 1. The lowest BCUT2D eigenvalue weighted by Gasteiger charge is -2.39. The van der Waals surface area contributed by atoms with Crippen LogP contribution in [0.5, 0.6) is 0 Å². The molecule has 0 N–H and O–H groups in total. The summed E-state index contributed by atoms with van der Waals surface area (Å²) >= 11 is 0. The van der Waals surface area contributed by atoms with Crippen LogP contribution in [0.2, 0.25) is 0 Å². The van der Waals surface area contributed by atoms with Gasteiger partial charge in [-0.3, -0.25) is 4.90 Å². The second-order valence-electron chi connectivity index (χ2n) is 5.67. The van der Waals surface area contributed by atoms with Crippen molar-refractivity contribution >= 4 is 5.69 Å². The van der Waals surface area contributed by atoms with Crippen LogP contribution in [-0.4, -0.2) is 32.1 Å². The smallest absolute Gasteiger partial charge is 0.131 e. The van der Waals surface area contributed by atoms with Gasteiger partial charge in [0.15, 0.2) is 0 Å². The highest BCUT2D eigenvalue weighted by molar-refractivity contribution is 5.48. The van der Waals surface area contributed by atoms with Crippen LogP contribution in [-0.2, 0) is 5.54 Å². The Morgan fingerprint density at radius 3 is 2.16 bits per heavy atom. The Morgan fingerprint density at radius 1 is 1.11 bits per heavy atom. The molecule has 1 unspecified atom stereocenters. The Bertz CT molecular complexity index is 452. The molecule has 1 fully saturated rings. The first-order valence-corrected chi connectivity index (χ1v) is 7.02. The molecule has 0 aromatic heterocycles. The number of benzene rings is 1. The molecular formula is C16H23N3. The summed E-state index contributed by atoms with van der Waals surface area (Å²) in [5.41, 5.74) is 1.77. The van der Waals surface area contributed by atoms with Crippen LogP contribution in [0.25, 0.3) is 0 Å². The molecule has 0 radical (unpaired) electrons. The zero-order valence-electron chi connectivity index (χ0n) is 12.2. The Labute approximate surface area is 116 Å². The van der Waals surface area contributed by atoms with E-state index < -0.39 is 5.54 Å². The predicted molar refractivity (Wildman–Crippen MR) is 79.2 cm³/mol. The van der Waals surface area contributed by atoms with Gasteiger partial charge in [-0.05, 0) is 50.6 Å². The molecule has 1 aromatic carbocycles. The maximum Gasteiger partial charge on any atom is 0.131 e. The summed E-state index contributed by atoms with van der Waals surface area (Å²) in [4.78, 5) is 4.40. The SMILES string of the molecule is CN(C)c1ccc(C(C)(C#N)N2CCCCC2)cc1. The van der Waals surface area contributed by atoms with E-state index in [2.05, 4.69) is 40.1 Å². The average molecular weight is 257 g/mol. The number of anilines is 1. The molecule has 102 valence electrons. The zero-order chi connectivity index (χ0) is 13.9. The number of nitriles is 1. The minimum atomic E-state index is -0.495. The summed E-state index contributed by atoms with van der Waals surface area (Å²) in [7, 11) is 4.06. The lowest BCUT2D eigenvalue weighted by atomic mass is 9.89. The molecule has 1 atom stereocenters. The molecule has 1 aliphatic heterocycles. The lowest BCUT2D eigenvalue weighted by molar-refractivity contribution is 0.123. The number of hydrogen-bond donors (Lipinski definition) is 0. The maximum atomic E-state index is 9.67. The molecule has 1 saturated heterocycles. The van der Waals surface area contributed by atoms with Gasteiger partial charge < -0.3 is 4.90 Å². The second-order valence-corrected chi connectivity index (χ2v) is 5.67. The van der Waals surface area contributed by atoms with Gasteiger partial charge in [-0.2, -0.15) is 5.26 Å². The molecule has 3 nitrogen and oxygen atoms in total. The van der Waals surface area contributed by atoms with Crippen molar-refractivity contribution in [1.29, 1.82) is 5.26 Å². The minimum absolute atomic E-state index is 0.495. The fourth-order valence-electron chi connectivity index (χ4n) is 2.74. The van der Waals surface area contributed by atoms with Crippen molar-refractivity contribution in [1.82, 2.24) is 4.90 Å². The van der Waals surface area contributed by atoms with Gasteiger partial charge in [0.05, 0.1) is 6.07 Å². The van der Waals surface area contributed by atoms with Crippen LogP contribution in [0.4, 0.5) is 5.69 Å². The molecule has 1 aliphatic rings. The van der Waals surface area contributed by atoms with E-state index >= 15 is 0 Å². The van der Waals surface area contributed by atoms with Crippen molar-refractivity contribution < 1.29 is 0 Å². The quantitative estimate of drug-likeness (QED) is 0.834. The van der Waals surface area contributed by atoms with Crippen molar-refractivity contribution in [2.24, 2.45) is 0 Å². The number of piperidine rings is 1. The van der Waals surface area contributed by atoms with Crippen molar-refractivity contribution in [3.63, 3.8) is 0 Å². The van der Waals surface area contributed by atoms with Crippen LogP contribution >= 0.6 is 0 Å². The summed E-state index contributed by atoms with van der Waals surface area (Å²) < 4.78 is 0. The number of nitrogens with zero attached hydrogens (tertiary/aromatic N) is 3. The van der Waals surface area contributed by atoms with Gasteiger partial charge >= 0.3 is 0 Å². The minimum Gasteiger partial charge on any atom is -0.378 e. The highest BCUT2D eigenvalue weighted by Gasteiger charge is 2.34. The molecular weight excluding hydrogens is 234 g/mol. The average Bonchev–Trinajstić information content (AvgIpc) is 2.47. The van der Waals surface area contributed by atoms with Crippen molar-refractivity contribution in [2.45, 2.75) is 31.7 Å². The number of hydrogen-bond acceptors (Lipinski definition) is 3. The van der Waals surface area contributed by atoms with Crippen molar-refractivity contribution in [2.75, 3.05) is 32.1 Å². The van der Waals surface area contributed by atoms with Crippen molar-refractivity contribution in [3.8, 4) is 6.07 Å². The zero-order valence-corrected chi connectivity index (χ0v) is 12.2. The fraction of sp³-hybridized carbons (Fsp3) is 0.562. The van der Waals surface area contributed by atoms with E-state index in [0.29, 0.717) is 0 Å². The summed E-state index contributed by atoms with van der Waals surface area (Å²) in [6.45, 7) is 4.10. The summed E-state index contributed by atoms with van der Waals surface area (Å²) in [6, 6.07) is 10.9. The Morgan fingerprint density at radius 2 is 1.68 bits per heavy atom. The first-order valence-electron chi connectivity index (χ1n) is 7.02. The Balaban J connectivity index is 2.27. The normalized spacial score (nSPS) is 19.5. The van der Waals surface area contributed by atoms with Crippen LogP contribution in [0.15, 0.2) is 24.3 Å². The fourth-order valence-corrected chi connectivity index (χ4v) is 2.74. The molecule has 0 amide bonds. The van der Waals surface area contributed by atoms with E-state index in [1.807, 2.05) is 21.0 Å². The molecule has 0 bridgehead atoms. The standard InChI is InChI=1S/C16H23N3/c1-16(13-17,19-11-5-4-6-12-19)14-7-9-15(10-8-14)18(2)3/h7-10H,4-6,11-12H2,1-3H3. The summed E-state index contributed by atoms with van der Waals surface area (Å²) in [5.74, 6) is 0. The van der Waals surface area contributed by atoms with Crippen LogP contribution in [0.3, 0.4) is 0 Å². The maximum absolute atomic E-state index is 9.67. The first kappa shape index (κ1) is 13.9. The molecule has 2 rings (SSSR count). The molecule has 0 spiro atoms. The molecule has 1 heterocycles. The van der Waals surface area contributed by atoms with Gasteiger partial charge in [-0.25, -0.2) is 0 Å². The third-order valence-electron chi connectivity index (χ3n) is 4.15. The van der Waals surface area contributed by atoms with Gasteiger partial charge in [0, 0.05) is 19.8 Å². The lowest BCUT2D eigenvalue weighted by Crippen LogP contribution is -2.45. The van der Waals surface area contributed by atoms with Gasteiger partial charge in [-0.1, -0.05) is 18.6 Å². The monoisotopic (exact) mass is 257 g/mol. The van der Waals surface area contributed by atoms with Gasteiger partial charge in [0.1, 0.15) is 5.54 Å². The number of rotatable bonds is 3. The van der Waals surface area contributed by atoms with E-state index in [9.17, 15) is 5.26 Å². The van der Waals surface area contributed by atoms with E-state index in [1.54, 1.807) is 0 Å². The van der Waals surface area contributed by atoms with E-state index in [1.165, 1.54) is 24.9 Å². The summed E-state index contributed by atoms with van der Waals surface area (Å²) in [6.07, 6.45) is 3.69. The predicted octanol–water partition coefficient (Wildman–Crippen LogP) is 2.98. The Kier molecular flexibility index (Phi) is 4.11. The van der Waals surface area contributed by atoms with E-state index in [4.69, 9.17) is 0 Å². The Hall–Kier alpha value is -1.53. The summed E-state index contributed by atoms with van der Waals surface area (Å²) in [5, 5.41) is 9.67. The topological polar surface area (TPSA) is 30.3 Å². The van der Waals surface area contributed by atoms with E-state index in [-0.39, 0.29) is 0 Å². The highest BCUT2D eigenvalue weighted by atomic mass is 15.2. The molecule has 19 heavy (non-hydrogen) atoms. The highest BCUT2D eigenvalue weighted by Crippen LogP contribution is 2.31. The van der Waals surface area contributed by atoms with Gasteiger partial charge in [0.2, 0.25) is 0 Å². The molecule has 0 saturated carbocycles. The third-order valence-corrected chi connectivity index (χ3v) is 4.15. The van der Waals surface area contributed by atoms with Crippen LogP contribution in [0.1, 0.15) is 31.7 Å². The van der Waals surface area contributed by atoms with Gasteiger partial charge in [0.25, 0.3) is 0 Å². The largest absolute Gasteiger partial charge is 0.378 e. The van der Waals surface area contributed by atoms with Crippen molar-refractivity contribution in [3.05, 3.63) is 29.8 Å². The van der Waals surface area contributed by atoms with Crippen LogP contribution in [0, 0.1) is 11.3 Å². The third kappa shape index (κ3) is 2.74. The molecule has 1 aromatic rings. The molecule has 3 heteroatoms. The molecule has 0 aliphatic carbocycles. The van der Waals surface area contributed by atoms with E-state index in [0.717, 1.165) is 18.7 Å². The van der Waals surface area contributed by atoms with Crippen LogP contribution < -0.4 is 4.90 Å². The first-order chi connectivity index (χ1) is 9.08. The van der Waals surface area contributed by atoms with Gasteiger partial charge in [-0.15, -0.1) is 0 Å². The second kappa shape index (κ2) is 5.63.